The number of benzene rings is 2. The lowest BCUT2D eigenvalue weighted by atomic mass is 9.72. The molecule has 0 aromatic heterocycles. The number of ether oxygens (including phenoxy) is 1. The van der Waals surface area contributed by atoms with Gasteiger partial charge in [0.05, 0.1) is 24.6 Å². The molecule has 2 amide bonds. The SMILES string of the molecule is CCc1cccc(CC)c1N1C(=O)C2C(c3ccc(O)c(OC)c3)NC(CC3CCCCC3)(C(=O)O)C2C1=O. The van der Waals surface area contributed by atoms with Crippen molar-refractivity contribution >= 4 is 23.5 Å². The van der Waals surface area contributed by atoms with E-state index >= 15 is 0 Å². The minimum atomic E-state index is -1.59. The monoisotopic (exact) mass is 534 g/mol. The molecule has 208 valence electrons. The van der Waals surface area contributed by atoms with Gasteiger partial charge in [0.25, 0.3) is 0 Å². The maximum Gasteiger partial charge on any atom is 0.324 e. The van der Waals surface area contributed by atoms with Gasteiger partial charge >= 0.3 is 5.97 Å². The van der Waals surface area contributed by atoms with Crippen LogP contribution in [0.2, 0.25) is 0 Å². The fourth-order valence-corrected chi connectivity index (χ4v) is 7.22. The van der Waals surface area contributed by atoms with E-state index in [4.69, 9.17) is 4.74 Å². The van der Waals surface area contributed by atoms with E-state index in [9.17, 15) is 24.6 Å². The molecule has 2 aromatic rings. The van der Waals surface area contributed by atoms with Crippen LogP contribution < -0.4 is 15.0 Å². The van der Waals surface area contributed by atoms with Crippen LogP contribution in [0, 0.1) is 17.8 Å². The zero-order valence-corrected chi connectivity index (χ0v) is 22.9. The predicted octanol–water partition coefficient (Wildman–Crippen LogP) is 4.77. The van der Waals surface area contributed by atoms with Crippen LogP contribution in [-0.2, 0) is 27.2 Å². The first-order valence-corrected chi connectivity index (χ1v) is 14.1. The number of fused-ring (bicyclic) bond motifs is 1. The number of aryl methyl sites for hydroxylation is 2. The number of carbonyl (C=O) groups excluding carboxylic acids is 2. The first kappa shape index (κ1) is 27.2. The van der Waals surface area contributed by atoms with Crippen LogP contribution in [0.3, 0.4) is 0 Å². The van der Waals surface area contributed by atoms with Crippen LogP contribution in [0.1, 0.15) is 75.1 Å². The fraction of sp³-hybridized carbons (Fsp3) is 0.516. The Hall–Kier alpha value is -3.39. The average Bonchev–Trinajstić information content (AvgIpc) is 3.42. The molecule has 3 fully saturated rings. The first-order chi connectivity index (χ1) is 18.8. The van der Waals surface area contributed by atoms with E-state index in [1.165, 1.54) is 18.1 Å². The summed E-state index contributed by atoms with van der Waals surface area (Å²) in [5.41, 5.74) is 1.40. The molecule has 8 nitrogen and oxygen atoms in total. The minimum absolute atomic E-state index is 0.0533. The molecule has 2 heterocycles. The Balaban J connectivity index is 1.67. The van der Waals surface area contributed by atoms with Crippen molar-refractivity contribution in [3.63, 3.8) is 0 Å². The summed E-state index contributed by atoms with van der Waals surface area (Å²) in [6.07, 6.45) is 6.60. The van der Waals surface area contributed by atoms with Gasteiger partial charge in [0.15, 0.2) is 11.5 Å². The maximum atomic E-state index is 14.4. The summed E-state index contributed by atoms with van der Waals surface area (Å²) in [7, 11) is 1.44. The number of phenolic OH excluding ortho intramolecular Hbond substituents is 1. The van der Waals surface area contributed by atoms with Gasteiger partial charge in [0.2, 0.25) is 11.8 Å². The van der Waals surface area contributed by atoms with E-state index in [2.05, 4.69) is 5.32 Å². The van der Waals surface area contributed by atoms with Crippen LogP contribution in [0.4, 0.5) is 5.69 Å². The van der Waals surface area contributed by atoms with Crippen molar-refractivity contribution in [1.29, 1.82) is 0 Å². The fourth-order valence-electron chi connectivity index (χ4n) is 7.22. The summed E-state index contributed by atoms with van der Waals surface area (Å²) in [5, 5.41) is 24.3. The van der Waals surface area contributed by atoms with Gasteiger partial charge in [-0.05, 0) is 54.0 Å². The number of phenols is 1. The second-order valence-electron chi connectivity index (χ2n) is 11.2. The number of nitrogens with zero attached hydrogens (tertiary/aromatic N) is 1. The van der Waals surface area contributed by atoms with Crippen molar-refractivity contribution in [2.45, 2.75) is 76.8 Å². The maximum absolute atomic E-state index is 14.4. The number of nitrogens with one attached hydrogen (secondary N) is 1. The molecule has 3 N–H and O–H groups in total. The van der Waals surface area contributed by atoms with Crippen molar-refractivity contribution < 1.29 is 29.3 Å². The Bertz CT molecular complexity index is 1260. The second kappa shape index (κ2) is 10.6. The van der Waals surface area contributed by atoms with E-state index in [0.29, 0.717) is 24.1 Å². The van der Waals surface area contributed by atoms with E-state index in [-0.39, 0.29) is 29.7 Å². The number of para-hydroxylation sites is 1. The number of aromatic hydroxyl groups is 1. The van der Waals surface area contributed by atoms with Crippen molar-refractivity contribution in [2.24, 2.45) is 17.8 Å². The topological polar surface area (TPSA) is 116 Å². The molecule has 2 aliphatic heterocycles. The van der Waals surface area contributed by atoms with Gasteiger partial charge in [0, 0.05) is 6.04 Å². The number of amides is 2. The number of hydrogen-bond acceptors (Lipinski definition) is 6. The highest BCUT2D eigenvalue weighted by Crippen LogP contribution is 2.53. The van der Waals surface area contributed by atoms with Gasteiger partial charge < -0.3 is 14.9 Å². The van der Waals surface area contributed by atoms with Crippen LogP contribution in [0.25, 0.3) is 0 Å². The molecular weight excluding hydrogens is 496 g/mol. The number of hydrogen-bond donors (Lipinski definition) is 3. The van der Waals surface area contributed by atoms with Crippen LogP contribution in [-0.4, -0.2) is 40.6 Å². The Morgan fingerprint density at radius 2 is 1.72 bits per heavy atom. The third-order valence-corrected chi connectivity index (χ3v) is 9.12. The highest BCUT2D eigenvalue weighted by atomic mass is 16.5. The minimum Gasteiger partial charge on any atom is -0.504 e. The largest absolute Gasteiger partial charge is 0.504 e. The number of methoxy groups -OCH3 is 1. The zero-order chi connectivity index (χ0) is 27.9. The molecule has 5 rings (SSSR count). The van der Waals surface area contributed by atoms with Crippen molar-refractivity contribution in [1.82, 2.24) is 5.32 Å². The van der Waals surface area contributed by atoms with Gasteiger partial charge in [-0.15, -0.1) is 0 Å². The summed E-state index contributed by atoms with van der Waals surface area (Å²) in [6.45, 7) is 3.98. The smallest absolute Gasteiger partial charge is 0.324 e. The molecule has 4 unspecified atom stereocenters. The van der Waals surface area contributed by atoms with Gasteiger partial charge in [-0.25, -0.2) is 4.90 Å². The number of anilines is 1. The van der Waals surface area contributed by atoms with E-state index in [1.54, 1.807) is 12.1 Å². The molecule has 39 heavy (non-hydrogen) atoms. The highest BCUT2D eigenvalue weighted by molar-refractivity contribution is 6.25. The van der Waals surface area contributed by atoms with E-state index < -0.39 is 35.3 Å². The van der Waals surface area contributed by atoms with Gasteiger partial charge in [-0.2, -0.15) is 0 Å². The van der Waals surface area contributed by atoms with E-state index in [1.807, 2.05) is 32.0 Å². The summed E-state index contributed by atoms with van der Waals surface area (Å²) in [6, 6.07) is 9.83. The predicted molar refractivity (Wildman–Crippen MR) is 147 cm³/mol. The number of aliphatic carboxylic acids is 1. The summed E-state index contributed by atoms with van der Waals surface area (Å²) in [4.78, 5) is 43.2. The molecule has 0 spiro atoms. The molecule has 3 aliphatic rings. The number of rotatable bonds is 8. The van der Waals surface area contributed by atoms with Crippen molar-refractivity contribution in [2.75, 3.05) is 12.0 Å². The summed E-state index contributed by atoms with van der Waals surface area (Å²) >= 11 is 0. The van der Waals surface area contributed by atoms with Gasteiger partial charge in [-0.3, -0.25) is 19.7 Å². The number of carboxylic acid groups (broad SMARTS) is 1. The molecule has 4 atom stereocenters. The standard InChI is InChI=1S/C31H38N2O6/c1-4-19-12-9-13-20(5-2)27(19)33-28(35)24-25(29(33)36)31(30(37)38,17-18-10-7-6-8-11-18)32-26(24)21-14-15-22(34)23(16-21)39-3/h9,12-16,18,24-26,32,34H,4-8,10-11,17H2,1-3H3,(H,37,38). The molecule has 1 aliphatic carbocycles. The first-order valence-electron chi connectivity index (χ1n) is 14.1. The molecule has 2 aromatic carbocycles. The lowest BCUT2D eigenvalue weighted by Crippen LogP contribution is -2.57. The molecule has 8 heteroatoms. The normalized spacial score (nSPS) is 27.2. The number of imide groups is 1. The molecule has 2 saturated heterocycles. The van der Waals surface area contributed by atoms with Crippen LogP contribution >= 0.6 is 0 Å². The van der Waals surface area contributed by atoms with Crippen molar-refractivity contribution in [3.8, 4) is 11.5 Å². The Kier molecular flexibility index (Phi) is 7.42. The zero-order valence-electron chi connectivity index (χ0n) is 22.9. The average molecular weight is 535 g/mol. The van der Waals surface area contributed by atoms with Crippen LogP contribution in [0.15, 0.2) is 36.4 Å². The van der Waals surface area contributed by atoms with Crippen molar-refractivity contribution in [3.05, 3.63) is 53.1 Å². The Morgan fingerprint density at radius 3 is 2.31 bits per heavy atom. The second-order valence-corrected chi connectivity index (χ2v) is 11.2. The Labute approximate surface area is 229 Å². The third kappa shape index (κ3) is 4.39. The van der Waals surface area contributed by atoms with Gasteiger partial charge in [0.1, 0.15) is 5.54 Å². The van der Waals surface area contributed by atoms with Crippen LogP contribution in [0.5, 0.6) is 11.5 Å². The third-order valence-electron chi connectivity index (χ3n) is 9.12. The lowest BCUT2D eigenvalue weighted by Gasteiger charge is -2.36. The van der Waals surface area contributed by atoms with Gasteiger partial charge in [-0.1, -0.05) is 70.2 Å². The number of carboxylic acids is 1. The lowest BCUT2D eigenvalue weighted by molar-refractivity contribution is -0.150. The van der Waals surface area contributed by atoms with E-state index in [0.717, 1.165) is 43.2 Å². The number of carbonyl (C=O) groups is 3. The highest BCUT2D eigenvalue weighted by Gasteiger charge is 2.69. The molecular formula is C31H38N2O6. The molecule has 0 bridgehead atoms. The summed E-state index contributed by atoms with van der Waals surface area (Å²) < 4.78 is 5.32. The molecule has 1 saturated carbocycles. The molecule has 0 radical (unpaired) electrons. The summed E-state index contributed by atoms with van der Waals surface area (Å²) in [5.74, 6) is -3.55. The quantitative estimate of drug-likeness (QED) is 0.418. The Morgan fingerprint density at radius 1 is 1.05 bits per heavy atom.